The third kappa shape index (κ3) is 3.52. The monoisotopic (exact) mass is 341 g/mol. The van der Waals surface area contributed by atoms with Gasteiger partial charge >= 0.3 is 5.95 Å². The Morgan fingerprint density at radius 1 is 1.24 bits per heavy atom. The van der Waals surface area contributed by atoms with Crippen molar-refractivity contribution in [2.24, 2.45) is 0 Å². The fourth-order valence-electron chi connectivity index (χ4n) is 2.22. The molecule has 0 aliphatic rings. The van der Waals surface area contributed by atoms with E-state index in [9.17, 15) is 14.9 Å². The molecule has 3 aromatic rings. The van der Waals surface area contributed by atoms with Gasteiger partial charge < -0.3 is 15.4 Å². The fraction of sp³-hybridized carbons (Fsp3) is 0.200. The number of carbonyl (C=O) groups is 1. The third-order valence-corrected chi connectivity index (χ3v) is 3.70. The quantitative estimate of drug-likeness (QED) is 0.557. The van der Waals surface area contributed by atoms with E-state index in [4.69, 9.17) is 0 Å². The number of hydrogen-bond donors (Lipinski definition) is 1. The van der Waals surface area contributed by atoms with Gasteiger partial charge in [0.25, 0.3) is 5.91 Å². The summed E-state index contributed by atoms with van der Waals surface area (Å²) in [5.41, 5.74) is 3.03. The van der Waals surface area contributed by atoms with Gasteiger partial charge in [0, 0.05) is 17.0 Å². The molecule has 25 heavy (non-hydrogen) atoms. The van der Waals surface area contributed by atoms with Gasteiger partial charge in [-0.25, -0.2) is 4.68 Å². The van der Waals surface area contributed by atoms with Gasteiger partial charge in [0.05, 0.1) is 0 Å². The second-order valence-corrected chi connectivity index (χ2v) is 5.42. The molecule has 2 heterocycles. The van der Waals surface area contributed by atoms with E-state index >= 15 is 0 Å². The second-order valence-electron chi connectivity index (χ2n) is 5.42. The van der Waals surface area contributed by atoms with E-state index in [0.717, 1.165) is 16.8 Å². The number of amides is 1. The number of aryl methyl sites for hydroxylation is 1. The summed E-state index contributed by atoms with van der Waals surface area (Å²) in [5.74, 6) is -0.822. The van der Waals surface area contributed by atoms with Crippen LogP contribution in [-0.4, -0.2) is 35.4 Å². The van der Waals surface area contributed by atoms with Gasteiger partial charge in [0.1, 0.15) is 0 Å². The smallest absolute Gasteiger partial charge is 0.390 e. The Labute approximate surface area is 142 Å². The summed E-state index contributed by atoms with van der Waals surface area (Å²) in [6, 6.07) is 7.22. The molecule has 0 spiro atoms. The maximum atomic E-state index is 12.3. The Morgan fingerprint density at radius 2 is 2.04 bits per heavy atom. The van der Waals surface area contributed by atoms with Crippen LogP contribution in [0.2, 0.25) is 0 Å². The average Bonchev–Trinajstić information content (AvgIpc) is 3.22. The molecule has 10 heteroatoms. The molecule has 0 aliphatic heterocycles. The number of benzene rings is 1. The maximum Gasteiger partial charge on any atom is 0.491 e. The number of anilines is 1. The summed E-state index contributed by atoms with van der Waals surface area (Å²) >= 11 is 0. The van der Waals surface area contributed by atoms with Gasteiger partial charge in [-0.3, -0.25) is 4.79 Å². The third-order valence-electron chi connectivity index (χ3n) is 3.70. The number of hydrogen-bond acceptors (Lipinski definition) is 6. The van der Waals surface area contributed by atoms with E-state index in [2.05, 4.69) is 20.5 Å². The molecular weight excluding hydrogens is 326 g/mol. The van der Waals surface area contributed by atoms with Crippen molar-refractivity contribution in [3.8, 4) is 0 Å². The molecule has 10 nitrogen and oxygen atoms in total. The van der Waals surface area contributed by atoms with Gasteiger partial charge in [-0.15, -0.1) is 0 Å². The lowest BCUT2D eigenvalue weighted by Crippen LogP contribution is -2.15. The summed E-state index contributed by atoms with van der Waals surface area (Å²) in [5, 5.41) is 21.2. The molecule has 0 aliphatic carbocycles. The van der Waals surface area contributed by atoms with Crippen molar-refractivity contribution in [2.45, 2.75) is 20.5 Å². The zero-order valence-electron chi connectivity index (χ0n) is 13.6. The number of nitro groups is 1. The highest BCUT2D eigenvalue weighted by atomic mass is 16.6. The van der Waals surface area contributed by atoms with Crippen molar-refractivity contribution in [1.29, 1.82) is 0 Å². The Balaban J connectivity index is 1.71. The molecule has 3 rings (SSSR count). The predicted octanol–water partition coefficient (Wildman–Crippen LogP) is 1.76. The van der Waals surface area contributed by atoms with Crippen molar-refractivity contribution in [3.05, 3.63) is 63.7 Å². The molecule has 0 unspecified atom stereocenters. The summed E-state index contributed by atoms with van der Waals surface area (Å²) in [4.78, 5) is 25.8. The average molecular weight is 341 g/mol. The molecule has 0 fully saturated rings. The molecular formula is C15H15N7O3. The lowest BCUT2D eigenvalue weighted by Gasteiger charge is -2.09. The van der Waals surface area contributed by atoms with Crippen molar-refractivity contribution >= 4 is 17.5 Å². The number of aromatic nitrogens is 5. The van der Waals surface area contributed by atoms with E-state index in [-0.39, 0.29) is 18.3 Å². The van der Waals surface area contributed by atoms with Crippen molar-refractivity contribution in [3.63, 3.8) is 0 Å². The van der Waals surface area contributed by atoms with Crippen molar-refractivity contribution in [2.75, 3.05) is 5.32 Å². The van der Waals surface area contributed by atoms with Gasteiger partial charge in [0.2, 0.25) is 6.33 Å². The number of nitrogens with zero attached hydrogens (tertiary/aromatic N) is 6. The number of rotatable bonds is 5. The molecule has 2 aromatic heterocycles. The Morgan fingerprint density at radius 3 is 2.76 bits per heavy atom. The fourth-order valence-corrected chi connectivity index (χ4v) is 2.22. The zero-order chi connectivity index (χ0) is 18.0. The van der Waals surface area contributed by atoms with Crippen LogP contribution in [0.25, 0.3) is 0 Å². The molecule has 0 atom stereocenters. The van der Waals surface area contributed by atoms with E-state index < -0.39 is 10.9 Å². The van der Waals surface area contributed by atoms with Gasteiger partial charge in [0.15, 0.2) is 12.4 Å². The number of carbonyl (C=O) groups excluding carboxylic acids is 1. The number of nitrogens with one attached hydrogen (secondary N) is 1. The van der Waals surface area contributed by atoms with Crippen LogP contribution in [0.15, 0.2) is 36.8 Å². The second kappa shape index (κ2) is 6.51. The van der Waals surface area contributed by atoms with Gasteiger partial charge in [-0.2, -0.15) is 9.78 Å². The maximum absolute atomic E-state index is 12.3. The normalized spacial score (nSPS) is 10.6. The van der Waals surface area contributed by atoms with Crippen LogP contribution in [0.4, 0.5) is 11.6 Å². The topological polar surface area (TPSA) is 121 Å². The first kappa shape index (κ1) is 16.3. The van der Waals surface area contributed by atoms with Gasteiger partial charge in [-0.1, -0.05) is 17.1 Å². The van der Waals surface area contributed by atoms with Crippen LogP contribution in [-0.2, 0) is 6.67 Å². The minimum absolute atomic E-state index is 0.109. The highest BCUT2D eigenvalue weighted by molar-refractivity contribution is 6.03. The van der Waals surface area contributed by atoms with Crippen molar-refractivity contribution in [1.82, 2.24) is 24.5 Å². The van der Waals surface area contributed by atoms with E-state index in [1.165, 1.54) is 15.7 Å². The van der Waals surface area contributed by atoms with E-state index in [0.29, 0.717) is 0 Å². The molecule has 0 saturated heterocycles. The summed E-state index contributed by atoms with van der Waals surface area (Å²) in [6.07, 6.45) is 2.82. The van der Waals surface area contributed by atoms with Crippen LogP contribution in [0.1, 0.15) is 21.6 Å². The highest BCUT2D eigenvalue weighted by Gasteiger charge is 2.15. The molecule has 128 valence electrons. The van der Waals surface area contributed by atoms with Crippen LogP contribution in [0.5, 0.6) is 0 Å². The summed E-state index contributed by atoms with van der Waals surface area (Å²) in [7, 11) is 0. The Hall–Kier alpha value is -3.56. The van der Waals surface area contributed by atoms with Crippen LogP contribution in [0.3, 0.4) is 0 Å². The largest absolute Gasteiger partial charge is 0.491 e. The molecule has 0 saturated carbocycles. The first-order valence-corrected chi connectivity index (χ1v) is 7.39. The zero-order valence-corrected chi connectivity index (χ0v) is 13.6. The Kier molecular flexibility index (Phi) is 4.25. The van der Waals surface area contributed by atoms with Crippen LogP contribution >= 0.6 is 0 Å². The summed E-state index contributed by atoms with van der Waals surface area (Å²) < 4.78 is 2.70. The van der Waals surface area contributed by atoms with Gasteiger partial charge in [-0.05, 0) is 42.0 Å². The Bertz CT molecular complexity index is 944. The molecule has 1 aromatic carbocycles. The summed E-state index contributed by atoms with van der Waals surface area (Å²) in [6.45, 7) is 4.01. The minimum Gasteiger partial charge on any atom is -0.390 e. The lowest BCUT2D eigenvalue weighted by atomic mass is 10.1. The SMILES string of the molecule is Cc1cccc(NC(=O)c2ccn(Cn3cnc([N+](=O)[O-])n3)n2)c1C. The first-order valence-electron chi connectivity index (χ1n) is 7.39. The van der Waals surface area contributed by atoms with E-state index in [1.54, 1.807) is 12.3 Å². The van der Waals surface area contributed by atoms with Crippen LogP contribution in [0, 0.1) is 24.0 Å². The molecule has 0 bridgehead atoms. The predicted molar refractivity (Wildman–Crippen MR) is 88.2 cm³/mol. The standard InChI is InChI=1S/C15H15N7O3/c1-10-4-3-5-12(11(10)2)17-14(23)13-6-7-20(18-13)9-21-8-16-15(19-21)22(24)25/h3-8H,9H2,1-2H3,(H,17,23). The lowest BCUT2D eigenvalue weighted by molar-refractivity contribution is -0.394. The van der Waals surface area contributed by atoms with E-state index in [1.807, 2.05) is 32.0 Å². The van der Waals surface area contributed by atoms with Crippen molar-refractivity contribution < 1.29 is 9.72 Å². The molecule has 1 N–H and O–H groups in total. The van der Waals surface area contributed by atoms with Crippen LogP contribution < -0.4 is 5.32 Å². The molecule has 1 amide bonds. The minimum atomic E-state index is -0.678. The highest BCUT2D eigenvalue weighted by Crippen LogP contribution is 2.18. The first-order chi connectivity index (χ1) is 11.9. The molecule has 0 radical (unpaired) electrons.